The van der Waals surface area contributed by atoms with Gasteiger partial charge < -0.3 is 85.3 Å². The van der Waals surface area contributed by atoms with Crippen LogP contribution in [0.25, 0.3) is 24.3 Å². The summed E-state index contributed by atoms with van der Waals surface area (Å²) in [5.74, 6) is 0.200. The number of hydrogen-bond donors (Lipinski definition) is 0. The summed E-state index contributed by atoms with van der Waals surface area (Å²) in [6.07, 6.45) is -5.59. The fraction of sp³-hybridized carbons (Fsp3) is 0.600. The number of rotatable bonds is 54. The summed E-state index contributed by atoms with van der Waals surface area (Å²) in [6.45, 7) is 6.68. The molecule has 86 heavy (non-hydrogen) atoms. The van der Waals surface area contributed by atoms with E-state index in [1.807, 2.05) is 0 Å². The van der Waals surface area contributed by atoms with E-state index >= 15 is 0 Å². The van der Waals surface area contributed by atoms with E-state index in [1.54, 1.807) is 28.4 Å². The van der Waals surface area contributed by atoms with Gasteiger partial charge in [-0.3, -0.25) is 9.59 Å². The number of carbonyl (C=O) groups excluding carboxylic acids is 2. The van der Waals surface area contributed by atoms with Crippen molar-refractivity contribution in [3.8, 4) is 11.5 Å². The maximum Gasteiger partial charge on any atom is 0.417 e. The van der Waals surface area contributed by atoms with E-state index < -0.39 is 46.8 Å². The van der Waals surface area contributed by atoms with Crippen molar-refractivity contribution in [3.63, 3.8) is 0 Å². The van der Waals surface area contributed by atoms with E-state index in [-0.39, 0.29) is 152 Å². The van der Waals surface area contributed by atoms with Crippen molar-refractivity contribution in [1.82, 2.24) is 0 Å². The van der Waals surface area contributed by atoms with Gasteiger partial charge in [-0.2, -0.15) is 26.3 Å². The molecular weight excluding hydrogens is 1150 g/mol. The third-order valence-corrected chi connectivity index (χ3v) is 11.6. The zero-order valence-corrected chi connectivity index (χ0v) is 49.5. The van der Waals surface area contributed by atoms with Gasteiger partial charge in [0.1, 0.15) is 23.7 Å². The van der Waals surface area contributed by atoms with Crippen molar-refractivity contribution in [1.29, 1.82) is 0 Å². The van der Waals surface area contributed by atoms with Gasteiger partial charge in [-0.15, -0.1) is 0 Å². The van der Waals surface area contributed by atoms with Crippen LogP contribution in [0.15, 0.2) is 48.5 Å². The van der Waals surface area contributed by atoms with Crippen LogP contribution in [-0.4, -0.2) is 238 Å². The molecule has 26 heteroatoms. The van der Waals surface area contributed by atoms with Crippen LogP contribution in [0.1, 0.15) is 54.1 Å². The highest BCUT2D eigenvalue weighted by atomic mass is 19.4. The molecule has 0 aliphatic heterocycles. The average Bonchev–Trinajstić information content (AvgIpc) is 3.67. The second kappa shape index (κ2) is 47.1. The molecule has 0 fully saturated rings. The molecule has 0 unspecified atom stereocenters. The Kier molecular flexibility index (Phi) is 41.2. The third kappa shape index (κ3) is 34.0. The van der Waals surface area contributed by atoms with E-state index in [9.17, 15) is 35.9 Å². The van der Waals surface area contributed by atoms with Crippen LogP contribution in [0.5, 0.6) is 11.5 Å². The number of aldehydes is 2. The zero-order chi connectivity index (χ0) is 62.4. The van der Waals surface area contributed by atoms with Gasteiger partial charge in [0.15, 0.2) is 12.6 Å². The van der Waals surface area contributed by atoms with E-state index in [4.69, 9.17) is 85.3 Å². The van der Waals surface area contributed by atoms with Crippen LogP contribution in [-0.2, 0) is 88.1 Å². The van der Waals surface area contributed by atoms with Crippen molar-refractivity contribution in [2.75, 3.05) is 213 Å². The van der Waals surface area contributed by atoms with Gasteiger partial charge in [-0.05, 0) is 35.4 Å². The lowest BCUT2D eigenvalue weighted by Crippen LogP contribution is -2.31. The molecule has 0 radical (unpaired) electrons. The van der Waals surface area contributed by atoms with Gasteiger partial charge in [-0.1, -0.05) is 48.6 Å². The summed E-state index contributed by atoms with van der Waals surface area (Å²) in [6, 6.07) is 9.49. The number of alkyl halides is 6. The normalized spacial score (nSPS) is 12.2. The number of benzene rings is 3. The maximum absolute atomic E-state index is 14.2. The highest BCUT2D eigenvalue weighted by molar-refractivity contribution is 5.83. The molecule has 486 valence electrons. The summed E-state index contributed by atoms with van der Waals surface area (Å²) in [4.78, 5) is 23.4. The number of carbonyl (C=O) groups is 2. The minimum absolute atomic E-state index is 0.0585. The maximum atomic E-state index is 14.2. The first-order valence-corrected chi connectivity index (χ1v) is 27.9. The summed E-state index contributed by atoms with van der Waals surface area (Å²) >= 11 is 0. The van der Waals surface area contributed by atoms with Gasteiger partial charge in [0.2, 0.25) is 0 Å². The van der Waals surface area contributed by atoms with Gasteiger partial charge in [-0.25, -0.2) is 0 Å². The molecule has 3 rings (SSSR count). The Morgan fingerprint density at radius 3 is 0.802 bits per heavy atom. The molecule has 0 bridgehead atoms. The van der Waals surface area contributed by atoms with Crippen molar-refractivity contribution < 1.29 is 121 Å². The zero-order valence-electron chi connectivity index (χ0n) is 49.5. The summed E-state index contributed by atoms with van der Waals surface area (Å²) < 4.78 is 187. The SMILES string of the molecule is COCCOCCOCCOCC(COCCOCCOCCOC)Oc1cc(/C=C/c2ccc(C=O)c(C(F)(F)F)c2)c(OC(COCCOCCOCCOC)COCCOCCOCCOC)cc1/C=C/c1ccc(C=O)c(C(F)(F)F)c1. The lowest BCUT2D eigenvalue weighted by atomic mass is 10.0. The first kappa shape index (κ1) is 75.3. The predicted octanol–water partition coefficient (Wildman–Crippen LogP) is 7.97. The molecule has 0 aliphatic carbocycles. The molecule has 3 aromatic carbocycles. The third-order valence-electron chi connectivity index (χ3n) is 11.6. The Morgan fingerprint density at radius 2 is 0.570 bits per heavy atom. The summed E-state index contributed by atoms with van der Waals surface area (Å²) in [7, 11) is 6.26. The Bertz CT molecular complexity index is 2100. The molecule has 0 spiro atoms. The monoisotopic (exact) mass is 1240 g/mol. The highest BCUT2D eigenvalue weighted by Crippen LogP contribution is 2.37. The molecule has 3 aromatic rings. The van der Waals surface area contributed by atoms with Crippen molar-refractivity contribution >= 4 is 36.9 Å². The fourth-order valence-corrected chi connectivity index (χ4v) is 7.26. The van der Waals surface area contributed by atoms with E-state index in [0.29, 0.717) is 79.3 Å². The van der Waals surface area contributed by atoms with Crippen LogP contribution < -0.4 is 9.47 Å². The van der Waals surface area contributed by atoms with Crippen LogP contribution in [0, 0.1) is 0 Å². The topological polar surface area (TPSA) is 200 Å². The second-order valence-corrected chi connectivity index (χ2v) is 18.2. The van der Waals surface area contributed by atoms with Gasteiger partial charge >= 0.3 is 12.4 Å². The largest absolute Gasteiger partial charge is 0.485 e. The van der Waals surface area contributed by atoms with Crippen LogP contribution in [0.2, 0.25) is 0 Å². The molecule has 0 atom stereocenters. The molecule has 0 heterocycles. The number of hydrogen-bond acceptors (Lipinski definition) is 20. The average molecular weight is 1240 g/mol. The Balaban J connectivity index is 2.15. The fourth-order valence-electron chi connectivity index (χ4n) is 7.26. The Labute approximate surface area is 499 Å². The standard InChI is InChI=1S/C60H84F6O20/c1-69-13-17-73-21-25-77-29-33-81-43-53(44-82-34-30-78-26-22-74-18-14-70-2)85-57-39-50(10-6-48-8-12-52(42-68)56(38-48)60(64,65)66)58(40-49(57)9-5-47-7-11-51(41-67)55(37-47)59(61,62)63)86-54(45-83-35-31-79-27-23-75-19-15-71-3)46-84-36-32-80-28-24-76-20-16-72-4/h5-12,37-42,53-54H,13-36,43-46H2,1-4H3/b9-5+,10-6+. The van der Waals surface area contributed by atoms with E-state index in [0.717, 1.165) is 24.3 Å². The van der Waals surface area contributed by atoms with Crippen molar-refractivity contribution in [3.05, 3.63) is 93.0 Å². The van der Waals surface area contributed by atoms with E-state index in [2.05, 4.69) is 0 Å². The summed E-state index contributed by atoms with van der Waals surface area (Å²) in [5, 5.41) is 0. The molecule has 0 saturated heterocycles. The van der Waals surface area contributed by atoms with Crippen LogP contribution >= 0.6 is 0 Å². The van der Waals surface area contributed by atoms with Gasteiger partial charge in [0, 0.05) is 50.7 Å². The highest BCUT2D eigenvalue weighted by Gasteiger charge is 2.34. The molecule has 0 amide bonds. The minimum Gasteiger partial charge on any atom is -0.485 e. The molecule has 0 aromatic heterocycles. The molecule has 0 N–H and O–H groups in total. The van der Waals surface area contributed by atoms with Gasteiger partial charge in [0.05, 0.1) is 196 Å². The Morgan fingerprint density at radius 1 is 0.326 bits per heavy atom. The van der Waals surface area contributed by atoms with Crippen LogP contribution in [0.4, 0.5) is 26.3 Å². The lowest BCUT2D eigenvalue weighted by Gasteiger charge is -2.24. The number of halogens is 6. The molecule has 0 aliphatic rings. The quantitative estimate of drug-likeness (QED) is 0.0228. The predicted molar refractivity (Wildman–Crippen MR) is 304 cm³/mol. The number of methoxy groups -OCH3 is 4. The lowest BCUT2D eigenvalue weighted by molar-refractivity contribution is -0.138. The van der Waals surface area contributed by atoms with Crippen molar-refractivity contribution in [2.45, 2.75) is 24.6 Å². The molecule has 0 saturated carbocycles. The molecular formula is C60H84F6O20. The minimum atomic E-state index is -4.87. The van der Waals surface area contributed by atoms with Crippen LogP contribution in [0.3, 0.4) is 0 Å². The van der Waals surface area contributed by atoms with Gasteiger partial charge in [0.25, 0.3) is 0 Å². The molecule has 20 nitrogen and oxygen atoms in total. The second-order valence-electron chi connectivity index (χ2n) is 18.2. The smallest absolute Gasteiger partial charge is 0.417 e. The van der Waals surface area contributed by atoms with Crippen molar-refractivity contribution in [2.24, 2.45) is 0 Å². The first-order valence-electron chi connectivity index (χ1n) is 27.9. The Hall–Kier alpha value is -4.98. The summed E-state index contributed by atoms with van der Waals surface area (Å²) in [5.41, 5.74) is -2.85. The van der Waals surface area contributed by atoms with E-state index in [1.165, 1.54) is 48.6 Å². The first-order chi connectivity index (χ1) is 41.8. The number of ether oxygens (including phenoxy) is 18.